The Balaban J connectivity index is 1.66. The minimum atomic E-state index is -2.61. The predicted octanol–water partition coefficient (Wildman–Crippen LogP) is 2.79. The number of nitrogens with two attached hydrogens (primary N) is 1. The first kappa shape index (κ1) is 31.1. The summed E-state index contributed by atoms with van der Waals surface area (Å²) in [4.78, 5) is 40.0. The normalized spacial score (nSPS) is 24.1. The summed E-state index contributed by atoms with van der Waals surface area (Å²) in [5.41, 5.74) is 3.12. The molecule has 42 heavy (non-hydrogen) atoms. The molecule has 0 aromatic heterocycles. The van der Waals surface area contributed by atoms with Crippen LogP contribution in [-0.2, 0) is 20.8 Å². The van der Waals surface area contributed by atoms with Crippen LogP contribution in [0, 0.1) is 11.8 Å². The number of nitrogens with zero attached hydrogens (tertiary/aromatic N) is 1. The molecule has 0 spiro atoms. The molecule has 3 aliphatic carbocycles. The Labute approximate surface area is 245 Å². The van der Waals surface area contributed by atoms with Crippen molar-refractivity contribution in [3.63, 3.8) is 0 Å². The van der Waals surface area contributed by atoms with Gasteiger partial charge in [0.2, 0.25) is 5.78 Å². The minimum absolute atomic E-state index is 0.00698. The van der Waals surface area contributed by atoms with Gasteiger partial charge in [0.1, 0.15) is 22.8 Å². The van der Waals surface area contributed by atoms with Crippen molar-refractivity contribution in [2.24, 2.45) is 17.6 Å². The van der Waals surface area contributed by atoms with Gasteiger partial charge in [-0.25, -0.2) is 0 Å². The molecule has 0 heterocycles. The van der Waals surface area contributed by atoms with Crippen LogP contribution in [0.5, 0.6) is 5.75 Å². The fraction of sp³-hybridized carbons (Fsp3) is 0.516. The molecule has 228 valence electrons. The van der Waals surface area contributed by atoms with E-state index >= 15 is 0 Å². The van der Waals surface area contributed by atoms with E-state index in [0.717, 1.165) is 32.1 Å². The summed E-state index contributed by atoms with van der Waals surface area (Å²) < 4.78 is 0. The van der Waals surface area contributed by atoms with Crippen molar-refractivity contribution in [1.29, 1.82) is 0 Å². The van der Waals surface area contributed by atoms with E-state index in [9.17, 15) is 39.9 Å². The number of unbranched alkanes of at least 4 members (excludes halogenated alkanes) is 4. The topological polar surface area (TPSA) is 194 Å². The lowest BCUT2D eigenvalue weighted by atomic mass is 9.59. The molecule has 0 aliphatic heterocycles. The van der Waals surface area contributed by atoms with Crippen molar-refractivity contribution in [1.82, 2.24) is 0 Å². The van der Waals surface area contributed by atoms with Gasteiger partial charge in [0, 0.05) is 44.2 Å². The van der Waals surface area contributed by atoms with E-state index in [1.54, 1.807) is 25.1 Å². The van der Waals surface area contributed by atoms with E-state index in [-0.39, 0.29) is 48.4 Å². The number of hydrogen-bond donors (Lipinski definition) is 7. The largest absolute Gasteiger partial charge is 0.508 e. The van der Waals surface area contributed by atoms with Gasteiger partial charge in [-0.1, -0.05) is 25.3 Å². The van der Waals surface area contributed by atoms with E-state index in [0.29, 0.717) is 17.7 Å². The van der Waals surface area contributed by atoms with Crippen molar-refractivity contribution in [2.45, 2.75) is 69.5 Å². The van der Waals surface area contributed by atoms with Gasteiger partial charge >= 0.3 is 0 Å². The van der Waals surface area contributed by atoms with E-state index in [4.69, 9.17) is 5.73 Å². The molecule has 8 N–H and O–H groups in total. The van der Waals surface area contributed by atoms with Gasteiger partial charge < -0.3 is 41.5 Å². The van der Waals surface area contributed by atoms with Gasteiger partial charge in [-0.3, -0.25) is 14.4 Å². The number of Topliss-reactive ketones (excluding diaryl/α,β-unsaturated/α-hetero) is 2. The number of nitrogens with one attached hydrogen (secondary N) is 1. The quantitative estimate of drug-likeness (QED) is 0.0832. The number of allylic oxidation sites excluding steroid dienone is 1. The number of amides is 1. The lowest BCUT2D eigenvalue weighted by Gasteiger charge is -2.46. The van der Waals surface area contributed by atoms with Gasteiger partial charge in [0.25, 0.3) is 5.91 Å². The molecular formula is C31H41N3O8. The molecule has 3 aliphatic rings. The summed E-state index contributed by atoms with van der Waals surface area (Å²) in [6.07, 6.45) is 6.63. The van der Waals surface area contributed by atoms with Crippen LogP contribution < -0.4 is 16.0 Å². The predicted molar refractivity (Wildman–Crippen MR) is 158 cm³/mol. The van der Waals surface area contributed by atoms with Crippen LogP contribution >= 0.6 is 0 Å². The van der Waals surface area contributed by atoms with Gasteiger partial charge in [0.05, 0.1) is 17.4 Å². The summed E-state index contributed by atoms with van der Waals surface area (Å²) >= 11 is 0. The summed E-state index contributed by atoms with van der Waals surface area (Å²) in [5, 5.41) is 58.5. The summed E-state index contributed by atoms with van der Waals surface area (Å²) in [6, 6.07) is 1.72. The smallest absolute Gasteiger partial charge is 0.255 e. The Morgan fingerprint density at radius 3 is 2.52 bits per heavy atom. The van der Waals surface area contributed by atoms with Crippen LogP contribution in [0.15, 0.2) is 35.6 Å². The number of phenolic OH excluding ortho intramolecular Hbond substituents is 1. The molecule has 1 aromatic rings. The number of rotatable bonds is 12. The second-order valence-corrected chi connectivity index (χ2v) is 11.8. The van der Waals surface area contributed by atoms with Crippen LogP contribution in [0.3, 0.4) is 0 Å². The number of aliphatic hydroxyl groups is 4. The summed E-state index contributed by atoms with van der Waals surface area (Å²) in [5.74, 6) is -6.67. The molecule has 1 amide bonds. The Bertz CT molecular complexity index is 1360. The number of phenols is 1. The standard InChI is InChI=1S/C31H41N3O8/c1-4-5-6-7-8-9-10-18(35)15-33-20-14-21(34(2)3)19-12-16-11-17-13-22(36)25(30(32)41)29(40)31(17,42)28(39)23(16)27(38)24(19)26(20)37/h4,14,16-18,33,35,37-38,40,42H,1,5-13,15H2,2-3H3,(H2,32,41)/t16-,17+,18?,31+/m1/s1. The highest BCUT2D eigenvalue weighted by Gasteiger charge is 2.60. The van der Waals surface area contributed by atoms with E-state index in [1.165, 1.54) is 0 Å². The fourth-order valence-corrected chi connectivity index (χ4v) is 6.56. The average Bonchev–Trinajstić information content (AvgIpc) is 2.91. The van der Waals surface area contributed by atoms with E-state index < -0.39 is 58.1 Å². The Kier molecular flexibility index (Phi) is 9.03. The molecule has 1 aromatic carbocycles. The van der Waals surface area contributed by atoms with Gasteiger partial charge in [0.15, 0.2) is 11.4 Å². The Morgan fingerprint density at radius 1 is 1.19 bits per heavy atom. The van der Waals surface area contributed by atoms with Crippen LogP contribution in [-0.4, -0.2) is 75.4 Å². The van der Waals surface area contributed by atoms with Gasteiger partial charge in [-0.05, 0) is 49.7 Å². The lowest BCUT2D eigenvalue weighted by Crippen LogP contribution is -2.58. The SMILES string of the molecule is C=CCCCCCCC(O)CNc1cc(N(C)C)c2c(c1O)C(O)=C1C(=O)[C@]3(O)C(O)=C(C(N)=O)C(=O)C[C@@H]3C[C@@H]1C2. The molecule has 11 nitrogen and oxygen atoms in total. The minimum Gasteiger partial charge on any atom is -0.508 e. The zero-order valence-corrected chi connectivity index (χ0v) is 24.2. The summed E-state index contributed by atoms with van der Waals surface area (Å²) in [6.45, 7) is 3.86. The Hall–Kier alpha value is -3.83. The third-order valence-electron chi connectivity index (χ3n) is 8.75. The van der Waals surface area contributed by atoms with Gasteiger partial charge in [-0.2, -0.15) is 0 Å². The highest BCUT2D eigenvalue weighted by Crippen LogP contribution is 2.54. The van der Waals surface area contributed by atoms with Crippen molar-refractivity contribution < 1.29 is 39.9 Å². The zero-order chi connectivity index (χ0) is 30.9. The summed E-state index contributed by atoms with van der Waals surface area (Å²) in [7, 11) is 3.60. The first-order valence-electron chi connectivity index (χ1n) is 14.4. The zero-order valence-electron chi connectivity index (χ0n) is 24.2. The van der Waals surface area contributed by atoms with Crippen molar-refractivity contribution in [3.05, 3.63) is 46.8 Å². The third-order valence-corrected chi connectivity index (χ3v) is 8.75. The highest BCUT2D eigenvalue weighted by molar-refractivity contribution is 6.22. The van der Waals surface area contributed by atoms with Crippen LogP contribution in [0.25, 0.3) is 5.76 Å². The maximum absolute atomic E-state index is 13.8. The number of ketones is 2. The number of carbonyl (C=O) groups excluding carboxylic acids is 3. The number of aromatic hydroxyl groups is 1. The monoisotopic (exact) mass is 583 g/mol. The molecule has 4 atom stereocenters. The maximum Gasteiger partial charge on any atom is 0.255 e. The number of primary amides is 1. The first-order chi connectivity index (χ1) is 19.8. The van der Waals surface area contributed by atoms with Crippen LogP contribution in [0.4, 0.5) is 11.4 Å². The lowest BCUT2D eigenvalue weighted by molar-refractivity contribution is -0.147. The van der Waals surface area contributed by atoms with E-state index in [2.05, 4.69) is 11.9 Å². The van der Waals surface area contributed by atoms with Gasteiger partial charge in [-0.15, -0.1) is 6.58 Å². The first-order valence-corrected chi connectivity index (χ1v) is 14.4. The molecule has 0 saturated heterocycles. The molecule has 1 saturated carbocycles. The molecule has 1 unspecified atom stereocenters. The number of fused-ring (bicyclic) bond motifs is 3. The van der Waals surface area contributed by atoms with Crippen molar-refractivity contribution >= 4 is 34.6 Å². The van der Waals surface area contributed by atoms with Crippen molar-refractivity contribution in [2.75, 3.05) is 30.9 Å². The fourth-order valence-electron chi connectivity index (χ4n) is 6.56. The molecule has 4 rings (SSSR count). The average molecular weight is 584 g/mol. The third kappa shape index (κ3) is 5.38. The van der Waals surface area contributed by atoms with Crippen molar-refractivity contribution in [3.8, 4) is 5.75 Å². The number of aliphatic hydroxyl groups excluding tert-OH is 3. The second kappa shape index (κ2) is 12.2. The van der Waals surface area contributed by atoms with Crippen LogP contribution in [0.1, 0.15) is 62.5 Å². The molecular weight excluding hydrogens is 542 g/mol. The number of carbonyl (C=O) groups is 3. The molecule has 1 fully saturated rings. The molecule has 0 radical (unpaired) electrons. The van der Waals surface area contributed by atoms with E-state index in [1.807, 2.05) is 6.08 Å². The number of hydrogen-bond acceptors (Lipinski definition) is 10. The highest BCUT2D eigenvalue weighted by atomic mass is 16.3. The second-order valence-electron chi connectivity index (χ2n) is 11.8. The molecule has 11 heteroatoms. The number of benzene rings is 1. The molecule has 0 bridgehead atoms. The van der Waals surface area contributed by atoms with Crippen LogP contribution in [0.2, 0.25) is 0 Å². The maximum atomic E-state index is 13.8. The Morgan fingerprint density at radius 2 is 1.88 bits per heavy atom. The number of anilines is 2.